The Bertz CT molecular complexity index is 820. The predicted octanol–water partition coefficient (Wildman–Crippen LogP) is 8.72. The average molecular weight is 425 g/mol. The highest BCUT2D eigenvalue weighted by Crippen LogP contribution is 2.77. The van der Waals surface area contributed by atoms with Crippen molar-refractivity contribution >= 4 is 0 Å². The molecule has 0 aromatic carbocycles. The van der Waals surface area contributed by atoms with E-state index in [2.05, 4.69) is 61.1 Å². The summed E-state index contributed by atoms with van der Waals surface area (Å²) >= 11 is 0. The van der Waals surface area contributed by atoms with E-state index in [0.717, 1.165) is 30.1 Å². The number of allylic oxidation sites excluding steroid dienone is 3. The van der Waals surface area contributed by atoms with Crippen LogP contribution in [0.1, 0.15) is 106 Å². The fraction of sp³-hybridized carbons (Fsp3) is 0.867. The van der Waals surface area contributed by atoms with Gasteiger partial charge in [-0.2, -0.15) is 0 Å². The van der Waals surface area contributed by atoms with Crippen molar-refractivity contribution in [3.05, 3.63) is 24.0 Å². The minimum absolute atomic E-state index is 0.0757. The van der Waals surface area contributed by atoms with Crippen molar-refractivity contribution in [1.82, 2.24) is 0 Å². The Balaban J connectivity index is 1.56. The molecule has 31 heavy (non-hydrogen) atoms. The van der Waals surface area contributed by atoms with E-state index >= 15 is 0 Å². The van der Waals surface area contributed by atoms with E-state index in [1.54, 1.807) is 0 Å². The topological polar surface area (TPSA) is 20.2 Å². The van der Waals surface area contributed by atoms with Crippen LogP contribution >= 0.6 is 0 Å². The third kappa shape index (κ3) is 2.56. The molecule has 1 heteroatoms. The zero-order valence-corrected chi connectivity index (χ0v) is 21.5. The van der Waals surface area contributed by atoms with Gasteiger partial charge in [0.25, 0.3) is 0 Å². The Morgan fingerprint density at radius 3 is 2.26 bits per heavy atom. The molecule has 0 saturated heterocycles. The minimum atomic E-state index is -0.0757. The molecular weight excluding hydrogens is 376 g/mol. The maximum atomic E-state index is 10.8. The fourth-order valence-corrected chi connectivity index (χ4v) is 11.1. The molecule has 1 N–H and O–H groups in total. The molecule has 5 aliphatic rings. The monoisotopic (exact) mass is 424 g/mol. The smallest absolute Gasteiger partial charge is 0.0942 e. The van der Waals surface area contributed by atoms with Crippen molar-refractivity contribution in [3.63, 3.8) is 0 Å². The summed E-state index contributed by atoms with van der Waals surface area (Å²) in [6.07, 6.45) is 14.3. The van der Waals surface area contributed by atoms with Gasteiger partial charge in [-0.15, -0.1) is 0 Å². The summed E-state index contributed by atoms with van der Waals surface area (Å²) in [5.41, 5.74) is 3.10. The van der Waals surface area contributed by atoms with Crippen molar-refractivity contribution in [2.75, 3.05) is 0 Å². The summed E-state index contributed by atoms with van der Waals surface area (Å²) < 4.78 is 0. The Labute approximate surface area is 192 Å². The molecule has 0 unspecified atom stereocenters. The predicted molar refractivity (Wildman–Crippen MR) is 131 cm³/mol. The van der Waals surface area contributed by atoms with Gasteiger partial charge in [0.15, 0.2) is 0 Å². The number of hydrogen-bond donors (Lipinski definition) is 1. The molecule has 0 spiro atoms. The molecule has 0 aromatic rings. The Hall–Kier alpha value is -0.720. The van der Waals surface area contributed by atoms with Crippen LogP contribution in [0, 0.1) is 56.7 Å². The third-order valence-electron chi connectivity index (χ3n) is 13.0. The molecule has 0 bridgehead atoms. The molecule has 0 amide bonds. The molecule has 9 atom stereocenters. The lowest BCUT2D eigenvalue weighted by Crippen LogP contribution is -2.65. The number of aliphatic hydroxyl groups is 1. The van der Waals surface area contributed by atoms with Crippen LogP contribution in [0.4, 0.5) is 0 Å². The van der Waals surface area contributed by atoms with Crippen LogP contribution in [-0.4, -0.2) is 5.11 Å². The number of hydrogen-bond acceptors (Lipinski definition) is 1. The Morgan fingerprint density at radius 1 is 0.871 bits per heavy atom. The van der Waals surface area contributed by atoms with Gasteiger partial charge in [0, 0.05) is 5.41 Å². The SMILES string of the molecule is C=C(C)[C@@H]1CC[C@]2(C)CC[C@]3(C)[C@H](CC[C@@H]4[C@@]5(C)CC=C(O)C(C)(C)[C@@H]5CC[C@]43C)[C@@H]12. The highest BCUT2D eigenvalue weighted by atomic mass is 16.3. The van der Waals surface area contributed by atoms with Crippen molar-refractivity contribution in [3.8, 4) is 0 Å². The van der Waals surface area contributed by atoms with Crippen LogP contribution in [-0.2, 0) is 0 Å². The first-order chi connectivity index (χ1) is 14.3. The molecule has 174 valence electrons. The quantitative estimate of drug-likeness (QED) is 0.417. The van der Waals surface area contributed by atoms with Crippen LogP contribution in [0.15, 0.2) is 24.0 Å². The average Bonchev–Trinajstić information content (AvgIpc) is 3.04. The van der Waals surface area contributed by atoms with Crippen molar-refractivity contribution in [2.24, 2.45) is 56.7 Å². The van der Waals surface area contributed by atoms with Gasteiger partial charge in [0.05, 0.1) is 5.76 Å². The summed E-state index contributed by atoms with van der Waals surface area (Å²) in [6, 6.07) is 0. The highest BCUT2D eigenvalue weighted by molar-refractivity contribution is 5.24. The van der Waals surface area contributed by atoms with Crippen LogP contribution < -0.4 is 0 Å². The normalized spacial score (nSPS) is 55.3. The minimum Gasteiger partial charge on any atom is -0.512 e. The summed E-state index contributed by atoms with van der Waals surface area (Å²) in [5.74, 6) is 4.48. The summed E-state index contributed by atoms with van der Waals surface area (Å²) in [7, 11) is 0. The van der Waals surface area contributed by atoms with Gasteiger partial charge < -0.3 is 5.11 Å². The van der Waals surface area contributed by atoms with Gasteiger partial charge in [-0.3, -0.25) is 0 Å². The number of aliphatic hydroxyl groups excluding tert-OH is 1. The van der Waals surface area contributed by atoms with E-state index in [1.165, 1.54) is 56.9 Å². The second kappa shape index (κ2) is 6.44. The van der Waals surface area contributed by atoms with Crippen molar-refractivity contribution < 1.29 is 5.11 Å². The molecule has 5 rings (SSSR count). The van der Waals surface area contributed by atoms with E-state index in [9.17, 15) is 5.11 Å². The molecule has 5 aliphatic carbocycles. The molecule has 4 fully saturated rings. The lowest BCUT2D eigenvalue weighted by molar-refractivity contribution is -0.227. The van der Waals surface area contributed by atoms with E-state index in [1.807, 2.05) is 0 Å². The first-order valence-electron chi connectivity index (χ1n) is 13.4. The molecule has 4 saturated carbocycles. The molecule has 0 radical (unpaired) electrons. The first-order valence-corrected chi connectivity index (χ1v) is 13.4. The first kappa shape index (κ1) is 22.1. The second-order valence-corrected chi connectivity index (χ2v) is 14.4. The van der Waals surface area contributed by atoms with Crippen LogP contribution in [0.5, 0.6) is 0 Å². The number of rotatable bonds is 1. The van der Waals surface area contributed by atoms with E-state index in [4.69, 9.17) is 0 Å². The highest BCUT2D eigenvalue weighted by Gasteiger charge is 2.69. The summed E-state index contributed by atoms with van der Waals surface area (Å²) in [5, 5.41) is 10.8. The van der Waals surface area contributed by atoms with Crippen molar-refractivity contribution in [1.29, 1.82) is 0 Å². The van der Waals surface area contributed by atoms with Gasteiger partial charge in [-0.05, 0) is 122 Å². The molecule has 0 aliphatic heterocycles. The van der Waals surface area contributed by atoms with E-state index in [-0.39, 0.29) is 5.41 Å². The largest absolute Gasteiger partial charge is 0.512 e. The second-order valence-electron chi connectivity index (χ2n) is 14.4. The molecular formula is C30H48O. The Morgan fingerprint density at radius 2 is 1.58 bits per heavy atom. The molecule has 0 aromatic heterocycles. The maximum Gasteiger partial charge on any atom is 0.0942 e. The van der Waals surface area contributed by atoms with Gasteiger partial charge in [0.1, 0.15) is 0 Å². The van der Waals surface area contributed by atoms with Crippen LogP contribution in [0.25, 0.3) is 0 Å². The lowest BCUT2D eigenvalue weighted by atomic mass is 9.33. The fourth-order valence-electron chi connectivity index (χ4n) is 11.1. The molecule has 1 nitrogen and oxygen atoms in total. The van der Waals surface area contributed by atoms with Crippen LogP contribution in [0.2, 0.25) is 0 Å². The zero-order valence-electron chi connectivity index (χ0n) is 21.5. The zero-order chi connectivity index (χ0) is 22.6. The summed E-state index contributed by atoms with van der Waals surface area (Å²) in [4.78, 5) is 0. The van der Waals surface area contributed by atoms with E-state index < -0.39 is 0 Å². The third-order valence-corrected chi connectivity index (χ3v) is 13.0. The van der Waals surface area contributed by atoms with Crippen molar-refractivity contribution in [2.45, 2.75) is 106 Å². The summed E-state index contributed by atoms with van der Waals surface area (Å²) in [6.45, 7) is 22.1. The van der Waals surface area contributed by atoms with Gasteiger partial charge in [0.2, 0.25) is 0 Å². The van der Waals surface area contributed by atoms with E-state index in [0.29, 0.717) is 33.3 Å². The standard InChI is InChI=1S/C30H48O/c1-19(2)20-11-14-27(5)17-18-29(7)21(25(20)27)9-10-23-28(6)15-13-24(31)26(3,4)22(28)12-16-30(23,29)8/h13,20-23,25,31H,1,9-12,14-18H2,2-8H3/t20-,21+,22-,23+,25+,27+,28-,29+,30+/m0/s1. The number of fused-ring (bicyclic) bond motifs is 7. The van der Waals surface area contributed by atoms with Gasteiger partial charge in [-0.1, -0.05) is 53.7 Å². The van der Waals surface area contributed by atoms with Gasteiger partial charge >= 0.3 is 0 Å². The maximum absolute atomic E-state index is 10.8. The molecule has 0 heterocycles. The lowest BCUT2D eigenvalue weighted by Gasteiger charge is -2.72. The Kier molecular flexibility index (Phi) is 4.59. The van der Waals surface area contributed by atoms with Gasteiger partial charge in [-0.25, -0.2) is 0 Å². The van der Waals surface area contributed by atoms with Crippen LogP contribution in [0.3, 0.4) is 0 Å².